The number of nitrogens with zero attached hydrogens (tertiary/aromatic N) is 3. The molecule has 1 atom stereocenters. The number of methoxy groups -OCH3 is 2. The van der Waals surface area contributed by atoms with Gasteiger partial charge in [-0.25, -0.2) is 4.68 Å². The van der Waals surface area contributed by atoms with Gasteiger partial charge in [0.05, 0.1) is 14.2 Å². The summed E-state index contributed by atoms with van der Waals surface area (Å²) in [6.07, 6.45) is -3.02. The van der Waals surface area contributed by atoms with Gasteiger partial charge in [-0.15, -0.1) is 5.10 Å². The van der Waals surface area contributed by atoms with Gasteiger partial charge in [-0.2, -0.15) is 18.2 Å². The highest BCUT2D eigenvalue weighted by Crippen LogP contribution is 2.41. The Morgan fingerprint density at radius 1 is 1.10 bits per heavy atom. The minimum absolute atomic E-state index is 0.0220. The molecule has 2 heterocycles. The number of fused-ring (bicyclic) bond motifs is 1. The average Bonchev–Trinajstić information content (AvgIpc) is 3.17. The Balaban J connectivity index is 1.92. The molecule has 0 fully saturated rings. The lowest BCUT2D eigenvalue weighted by molar-refractivity contribution is -0.145. The predicted molar refractivity (Wildman–Crippen MR) is 102 cm³/mol. The molecule has 30 heavy (non-hydrogen) atoms. The van der Waals surface area contributed by atoms with E-state index >= 15 is 0 Å². The molecule has 156 valence electrons. The quantitative estimate of drug-likeness (QED) is 0.665. The number of anilines is 1. The van der Waals surface area contributed by atoms with Crippen LogP contribution in [0.5, 0.6) is 17.2 Å². The number of para-hydroxylation sites is 1. The summed E-state index contributed by atoms with van der Waals surface area (Å²) in [6, 6.07) is 10.7. The van der Waals surface area contributed by atoms with Crippen LogP contribution < -0.4 is 14.8 Å². The van der Waals surface area contributed by atoms with Crippen molar-refractivity contribution in [3.05, 3.63) is 65.5 Å². The number of nitrogens with one attached hydrogen (secondary N) is 1. The van der Waals surface area contributed by atoms with E-state index in [2.05, 4.69) is 15.4 Å². The van der Waals surface area contributed by atoms with Gasteiger partial charge >= 0.3 is 6.18 Å². The second kappa shape index (κ2) is 7.29. The summed E-state index contributed by atoms with van der Waals surface area (Å²) in [5.41, 5.74) is 1.58. The first-order valence-corrected chi connectivity index (χ1v) is 8.84. The van der Waals surface area contributed by atoms with Gasteiger partial charge < -0.3 is 19.9 Å². The lowest BCUT2D eigenvalue weighted by Gasteiger charge is -2.26. The third-order valence-corrected chi connectivity index (χ3v) is 4.63. The molecule has 0 unspecified atom stereocenters. The van der Waals surface area contributed by atoms with Crippen LogP contribution in [0, 0.1) is 0 Å². The maximum Gasteiger partial charge on any atom is 0.453 e. The first kappa shape index (κ1) is 19.6. The van der Waals surface area contributed by atoms with Gasteiger partial charge in [-0.05, 0) is 24.3 Å². The van der Waals surface area contributed by atoms with E-state index in [4.69, 9.17) is 9.47 Å². The summed E-state index contributed by atoms with van der Waals surface area (Å²) < 4.78 is 51.8. The summed E-state index contributed by atoms with van der Waals surface area (Å²) in [5.74, 6) is -0.527. The fourth-order valence-electron chi connectivity index (χ4n) is 3.32. The van der Waals surface area contributed by atoms with Crippen molar-refractivity contribution in [2.45, 2.75) is 12.2 Å². The Kier molecular flexibility index (Phi) is 4.76. The monoisotopic (exact) mass is 418 g/mol. The lowest BCUT2D eigenvalue weighted by atomic mass is 10.0. The minimum Gasteiger partial charge on any atom is -0.508 e. The van der Waals surface area contributed by atoms with E-state index in [-0.39, 0.29) is 11.7 Å². The molecule has 1 aliphatic rings. The van der Waals surface area contributed by atoms with Crippen LogP contribution in [0.3, 0.4) is 0 Å². The Morgan fingerprint density at radius 3 is 2.53 bits per heavy atom. The van der Waals surface area contributed by atoms with Gasteiger partial charge in [0.1, 0.15) is 11.8 Å². The van der Waals surface area contributed by atoms with Crippen LogP contribution in [0.15, 0.2) is 48.5 Å². The number of allylic oxidation sites excluding steroid dienone is 1. The number of hydrogen-bond donors (Lipinski definition) is 2. The fraction of sp³-hybridized carbons (Fsp3) is 0.200. The van der Waals surface area contributed by atoms with Crippen LogP contribution in [-0.4, -0.2) is 34.1 Å². The zero-order valence-corrected chi connectivity index (χ0v) is 15.9. The van der Waals surface area contributed by atoms with Gasteiger partial charge in [-0.3, -0.25) is 0 Å². The maximum atomic E-state index is 13.3. The van der Waals surface area contributed by atoms with Gasteiger partial charge in [0.15, 0.2) is 11.5 Å². The highest BCUT2D eigenvalue weighted by atomic mass is 19.4. The molecule has 1 aromatic heterocycles. The molecule has 2 aromatic carbocycles. The van der Waals surface area contributed by atoms with Crippen molar-refractivity contribution < 1.29 is 27.8 Å². The molecule has 0 saturated heterocycles. The van der Waals surface area contributed by atoms with Crippen LogP contribution >= 0.6 is 0 Å². The molecule has 0 bridgehead atoms. The molecule has 0 spiro atoms. The number of aromatic nitrogens is 3. The molecular weight excluding hydrogens is 401 g/mol. The number of halogens is 3. The molecule has 2 N–H and O–H groups in total. The second-order valence-corrected chi connectivity index (χ2v) is 6.48. The number of hydrogen-bond acceptors (Lipinski definition) is 6. The zero-order valence-electron chi connectivity index (χ0n) is 15.9. The van der Waals surface area contributed by atoms with Crippen molar-refractivity contribution in [3.63, 3.8) is 0 Å². The van der Waals surface area contributed by atoms with Crippen molar-refractivity contribution in [1.29, 1.82) is 0 Å². The number of aromatic hydroxyl groups is 1. The molecule has 0 amide bonds. The second-order valence-electron chi connectivity index (χ2n) is 6.48. The molecule has 0 aliphatic carbocycles. The molecule has 1 aliphatic heterocycles. The van der Waals surface area contributed by atoms with Gasteiger partial charge in [0.2, 0.25) is 5.95 Å². The molecule has 10 heteroatoms. The van der Waals surface area contributed by atoms with Crippen molar-refractivity contribution >= 4 is 11.6 Å². The van der Waals surface area contributed by atoms with E-state index in [1.807, 2.05) is 0 Å². The van der Waals surface area contributed by atoms with Crippen LogP contribution in [0.2, 0.25) is 0 Å². The van der Waals surface area contributed by atoms with E-state index in [0.29, 0.717) is 28.3 Å². The summed E-state index contributed by atoms with van der Waals surface area (Å²) in [7, 11) is 2.92. The van der Waals surface area contributed by atoms with Crippen LogP contribution in [-0.2, 0) is 6.18 Å². The molecule has 3 aromatic rings. The van der Waals surface area contributed by atoms with Crippen molar-refractivity contribution in [2.75, 3.05) is 19.5 Å². The maximum absolute atomic E-state index is 13.3. The minimum atomic E-state index is -4.71. The fourth-order valence-corrected chi connectivity index (χ4v) is 3.32. The van der Waals surface area contributed by atoms with Crippen LogP contribution in [0.1, 0.15) is 23.0 Å². The molecule has 0 radical (unpaired) electrons. The van der Waals surface area contributed by atoms with Crippen molar-refractivity contribution in [3.8, 4) is 17.2 Å². The van der Waals surface area contributed by atoms with Crippen LogP contribution in [0.25, 0.3) is 5.70 Å². The summed E-state index contributed by atoms with van der Waals surface area (Å²) in [6.45, 7) is 0. The number of alkyl halides is 3. The number of phenols is 1. The number of ether oxygens (including phenoxy) is 2. The summed E-state index contributed by atoms with van der Waals surface area (Å²) >= 11 is 0. The highest BCUT2D eigenvalue weighted by molar-refractivity contribution is 5.78. The molecule has 4 rings (SSSR count). The Morgan fingerprint density at radius 2 is 1.87 bits per heavy atom. The van der Waals surface area contributed by atoms with E-state index in [1.165, 1.54) is 26.4 Å². The van der Waals surface area contributed by atoms with Gasteiger partial charge in [0, 0.05) is 16.8 Å². The summed E-state index contributed by atoms with van der Waals surface area (Å²) in [4.78, 5) is 3.63. The Hall–Kier alpha value is -3.69. The van der Waals surface area contributed by atoms with E-state index in [1.54, 1.807) is 36.4 Å². The highest BCUT2D eigenvalue weighted by Gasteiger charge is 2.39. The number of phenolic OH excluding ortho intramolecular Hbond substituents is 1. The average molecular weight is 418 g/mol. The van der Waals surface area contributed by atoms with Crippen LogP contribution in [0.4, 0.5) is 19.1 Å². The summed E-state index contributed by atoms with van der Waals surface area (Å²) in [5, 5.41) is 16.4. The third kappa shape index (κ3) is 3.40. The molecule has 0 saturated carbocycles. The lowest BCUT2D eigenvalue weighted by Crippen LogP contribution is -2.21. The third-order valence-electron chi connectivity index (χ3n) is 4.63. The van der Waals surface area contributed by atoms with Crippen molar-refractivity contribution in [2.24, 2.45) is 0 Å². The van der Waals surface area contributed by atoms with E-state index in [0.717, 1.165) is 4.68 Å². The Labute approximate surface area is 169 Å². The first-order valence-electron chi connectivity index (χ1n) is 8.84. The smallest absolute Gasteiger partial charge is 0.453 e. The Bertz CT molecular complexity index is 1120. The standard InChI is InChI=1S/C20H17F3N4O3/c1-29-16-8-4-7-13(17(16)30-2)15-10-14(11-5-3-6-12(28)9-11)24-19-25-18(20(21,22)23)26-27(15)19/h3-10,15,28H,1-2H3,(H,24,25,26)/t15-/m1/s1. The zero-order chi connectivity index (χ0) is 21.5. The van der Waals surface area contributed by atoms with E-state index < -0.39 is 18.0 Å². The largest absolute Gasteiger partial charge is 0.508 e. The normalized spacial score (nSPS) is 15.8. The molecule has 7 nitrogen and oxygen atoms in total. The van der Waals surface area contributed by atoms with Gasteiger partial charge in [0.25, 0.3) is 5.82 Å². The SMILES string of the molecule is COc1cccc([C@H]2C=C(c3cccc(O)c3)Nc3nc(C(F)(F)F)nn32)c1OC. The topological polar surface area (TPSA) is 81.4 Å². The van der Waals surface area contributed by atoms with Crippen molar-refractivity contribution in [1.82, 2.24) is 14.8 Å². The number of rotatable bonds is 4. The number of benzene rings is 2. The van der Waals surface area contributed by atoms with E-state index in [9.17, 15) is 18.3 Å². The first-order chi connectivity index (χ1) is 14.3. The molecular formula is C20H17F3N4O3. The van der Waals surface area contributed by atoms with Gasteiger partial charge in [-0.1, -0.05) is 24.3 Å². The predicted octanol–water partition coefficient (Wildman–Crippen LogP) is 4.08.